The molecule has 15 heavy (non-hydrogen) atoms. The zero-order chi connectivity index (χ0) is 11.0. The second-order valence-electron chi connectivity index (χ2n) is 3.71. The van der Waals surface area contributed by atoms with Crippen molar-refractivity contribution in [2.45, 2.75) is 20.3 Å². The molecule has 0 fully saturated rings. The Bertz CT molecular complexity index is 523. The van der Waals surface area contributed by atoms with E-state index in [0.717, 1.165) is 22.1 Å². The summed E-state index contributed by atoms with van der Waals surface area (Å²) in [7, 11) is 0. The van der Waals surface area contributed by atoms with Gasteiger partial charge >= 0.3 is 0 Å². The summed E-state index contributed by atoms with van der Waals surface area (Å²) in [5.74, 6) is -1.08. The van der Waals surface area contributed by atoms with Gasteiger partial charge in [-0.25, -0.2) is 0 Å². The van der Waals surface area contributed by atoms with Crippen LogP contribution in [0.25, 0.3) is 11.0 Å². The molecule has 0 atom stereocenters. The molecular weight excluding hydrogens is 192 g/mol. The molecule has 2 rings (SSSR count). The number of carbonyl (C=O) groups is 1. The van der Waals surface area contributed by atoms with Crippen LogP contribution in [-0.4, -0.2) is 5.97 Å². The summed E-state index contributed by atoms with van der Waals surface area (Å²) >= 11 is 0. The Kier molecular flexibility index (Phi) is 2.23. The average molecular weight is 203 g/mol. The molecule has 78 valence electrons. The van der Waals surface area contributed by atoms with Gasteiger partial charge in [-0.1, -0.05) is 12.1 Å². The number of furan rings is 1. The van der Waals surface area contributed by atoms with Crippen molar-refractivity contribution < 1.29 is 14.3 Å². The summed E-state index contributed by atoms with van der Waals surface area (Å²) in [6.45, 7) is 3.88. The van der Waals surface area contributed by atoms with E-state index in [9.17, 15) is 9.90 Å². The van der Waals surface area contributed by atoms with Gasteiger partial charge in [0.15, 0.2) is 0 Å². The third-order valence-electron chi connectivity index (χ3n) is 2.54. The van der Waals surface area contributed by atoms with Gasteiger partial charge in [0.2, 0.25) is 0 Å². The first kappa shape index (κ1) is 9.77. The molecule has 2 aromatic rings. The Labute approximate surface area is 87.3 Å². The van der Waals surface area contributed by atoms with Gasteiger partial charge in [0.05, 0.1) is 6.26 Å². The first-order valence-corrected chi connectivity index (χ1v) is 4.75. The van der Waals surface area contributed by atoms with Crippen LogP contribution < -0.4 is 5.11 Å². The van der Waals surface area contributed by atoms with E-state index in [1.807, 2.05) is 26.0 Å². The zero-order valence-electron chi connectivity index (χ0n) is 8.66. The number of fused-ring (bicyclic) bond motifs is 1. The van der Waals surface area contributed by atoms with Crippen molar-refractivity contribution in [3.05, 3.63) is 35.1 Å². The highest BCUT2D eigenvalue weighted by atomic mass is 16.4. The molecule has 0 radical (unpaired) electrons. The van der Waals surface area contributed by atoms with Crippen LogP contribution in [0.5, 0.6) is 0 Å². The van der Waals surface area contributed by atoms with Gasteiger partial charge in [-0.05, 0) is 25.0 Å². The number of aryl methyl sites for hydroxylation is 2. The van der Waals surface area contributed by atoms with E-state index in [2.05, 4.69) is 0 Å². The summed E-state index contributed by atoms with van der Waals surface area (Å²) in [5, 5.41) is 11.5. The normalized spacial score (nSPS) is 10.8. The molecule has 0 N–H and O–H groups in total. The molecule has 0 aliphatic carbocycles. The van der Waals surface area contributed by atoms with Crippen molar-refractivity contribution in [1.29, 1.82) is 0 Å². The summed E-state index contributed by atoms with van der Waals surface area (Å²) in [5.41, 5.74) is 3.50. The minimum absolute atomic E-state index is 0.0999. The monoisotopic (exact) mass is 203 g/mol. The summed E-state index contributed by atoms with van der Waals surface area (Å²) in [6, 6.07) is 3.93. The Morgan fingerprint density at radius 1 is 1.33 bits per heavy atom. The van der Waals surface area contributed by atoms with Gasteiger partial charge in [0.1, 0.15) is 5.58 Å². The SMILES string of the molecule is Cc1ccc(C)c2c(CC(=O)[O-])coc12. The highest BCUT2D eigenvalue weighted by molar-refractivity contribution is 5.89. The fourth-order valence-corrected chi connectivity index (χ4v) is 1.81. The largest absolute Gasteiger partial charge is 0.550 e. The van der Waals surface area contributed by atoms with Gasteiger partial charge in [-0.15, -0.1) is 0 Å². The van der Waals surface area contributed by atoms with Crippen molar-refractivity contribution >= 4 is 16.9 Å². The van der Waals surface area contributed by atoms with Crippen LogP contribution in [0.4, 0.5) is 0 Å². The van der Waals surface area contributed by atoms with Gasteiger partial charge in [0.25, 0.3) is 0 Å². The number of rotatable bonds is 2. The highest BCUT2D eigenvalue weighted by Gasteiger charge is 2.10. The lowest BCUT2D eigenvalue weighted by atomic mass is 10.0. The topological polar surface area (TPSA) is 53.3 Å². The van der Waals surface area contributed by atoms with E-state index in [4.69, 9.17) is 4.42 Å². The van der Waals surface area contributed by atoms with Gasteiger partial charge in [-0.2, -0.15) is 0 Å². The Morgan fingerprint density at radius 2 is 2.00 bits per heavy atom. The predicted molar refractivity (Wildman–Crippen MR) is 54.4 cm³/mol. The van der Waals surface area contributed by atoms with Gasteiger partial charge < -0.3 is 14.3 Å². The first-order valence-electron chi connectivity index (χ1n) is 4.75. The molecule has 0 aliphatic rings. The average Bonchev–Trinajstić information content (AvgIpc) is 2.56. The quantitative estimate of drug-likeness (QED) is 0.740. The van der Waals surface area contributed by atoms with Gasteiger partial charge in [-0.3, -0.25) is 0 Å². The molecule has 1 aromatic heterocycles. The zero-order valence-corrected chi connectivity index (χ0v) is 8.66. The second-order valence-corrected chi connectivity index (χ2v) is 3.71. The Hall–Kier alpha value is -1.77. The lowest BCUT2D eigenvalue weighted by Crippen LogP contribution is -2.24. The van der Waals surface area contributed by atoms with Crippen LogP contribution in [0.2, 0.25) is 0 Å². The van der Waals surface area contributed by atoms with Crippen LogP contribution in [-0.2, 0) is 11.2 Å². The van der Waals surface area contributed by atoms with Gasteiger partial charge in [0, 0.05) is 23.3 Å². The van der Waals surface area contributed by atoms with Crippen LogP contribution in [0, 0.1) is 13.8 Å². The number of carbonyl (C=O) groups excluding carboxylic acids is 1. The molecule has 0 spiro atoms. The van der Waals surface area contributed by atoms with E-state index in [1.165, 1.54) is 6.26 Å². The standard InChI is InChI=1S/C12H12O3/c1-7-3-4-8(2)12-11(7)9(6-15-12)5-10(13)14/h3-4,6H,5H2,1-2H3,(H,13,14)/p-1. The predicted octanol–water partition coefficient (Wildman–Crippen LogP) is 1.34. The second kappa shape index (κ2) is 3.42. The van der Waals surface area contributed by atoms with Crippen LogP contribution in [0.1, 0.15) is 16.7 Å². The summed E-state index contributed by atoms with van der Waals surface area (Å²) < 4.78 is 5.37. The Morgan fingerprint density at radius 3 is 2.67 bits per heavy atom. The van der Waals surface area contributed by atoms with Crippen molar-refractivity contribution in [1.82, 2.24) is 0 Å². The molecule has 0 bridgehead atoms. The van der Waals surface area contributed by atoms with Crippen LogP contribution in [0.3, 0.4) is 0 Å². The molecular formula is C12H11O3-. The van der Waals surface area contributed by atoms with Crippen molar-refractivity contribution in [3.8, 4) is 0 Å². The molecule has 3 heteroatoms. The number of aliphatic carboxylic acids is 1. The van der Waals surface area contributed by atoms with Crippen molar-refractivity contribution in [3.63, 3.8) is 0 Å². The van der Waals surface area contributed by atoms with Crippen LogP contribution in [0.15, 0.2) is 22.8 Å². The van der Waals surface area contributed by atoms with Crippen LogP contribution >= 0.6 is 0 Å². The molecule has 0 saturated heterocycles. The lowest BCUT2D eigenvalue weighted by Gasteiger charge is -2.02. The molecule has 1 heterocycles. The maximum absolute atomic E-state index is 10.6. The maximum atomic E-state index is 10.6. The molecule has 0 amide bonds. The fourth-order valence-electron chi connectivity index (χ4n) is 1.81. The van der Waals surface area contributed by atoms with Crippen molar-refractivity contribution in [2.75, 3.05) is 0 Å². The number of hydrogen-bond acceptors (Lipinski definition) is 3. The third-order valence-corrected chi connectivity index (χ3v) is 2.54. The maximum Gasteiger partial charge on any atom is 0.137 e. The minimum Gasteiger partial charge on any atom is -0.550 e. The number of hydrogen-bond donors (Lipinski definition) is 0. The van der Waals surface area contributed by atoms with E-state index in [0.29, 0.717) is 5.56 Å². The molecule has 1 aromatic carbocycles. The van der Waals surface area contributed by atoms with E-state index >= 15 is 0 Å². The minimum atomic E-state index is -1.08. The first-order chi connectivity index (χ1) is 7.09. The summed E-state index contributed by atoms with van der Waals surface area (Å²) in [6.07, 6.45) is 1.40. The molecule has 0 unspecified atom stereocenters. The smallest absolute Gasteiger partial charge is 0.137 e. The molecule has 3 nitrogen and oxygen atoms in total. The Balaban J connectivity index is 2.67. The van der Waals surface area contributed by atoms with E-state index in [-0.39, 0.29) is 6.42 Å². The fraction of sp³-hybridized carbons (Fsp3) is 0.250. The lowest BCUT2D eigenvalue weighted by molar-refractivity contribution is -0.304. The number of carboxylic acid groups (broad SMARTS) is 1. The van der Waals surface area contributed by atoms with E-state index in [1.54, 1.807) is 0 Å². The van der Waals surface area contributed by atoms with E-state index < -0.39 is 5.97 Å². The summed E-state index contributed by atoms with van der Waals surface area (Å²) in [4.78, 5) is 10.6. The highest BCUT2D eigenvalue weighted by Crippen LogP contribution is 2.27. The third kappa shape index (κ3) is 1.61. The molecule has 0 aliphatic heterocycles. The van der Waals surface area contributed by atoms with Crippen molar-refractivity contribution in [2.24, 2.45) is 0 Å². The molecule has 0 saturated carbocycles. The number of carboxylic acids is 1. The number of benzene rings is 1.